The third-order valence-corrected chi connectivity index (χ3v) is 3.41. The van der Waals surface area contributed by atoms with Gasteiger partial charge in [-0.3, -0.25) is 0 Å². The Morgan fingerprint density at radius 1 is 1.00 bits per heavy atom. The molecule has 2 aromatic rings. The third-order valence-electron chi connectivity index (χ3n) is 3.41. The van der Waals surface area contributed by atoms with Crippen LogP contribution in [0.25, 0.3) is 6.08 Å². The average molecular weight is 236 g/mol. The Morgan fingerprint density at radius 2 is 1.72 bits per heavy atom. The molecule has 0 N–H and O–H groups in total. The van der Waals surface area contributed by atoms with Crippen molar-refractivity contribution in [1.82, 2.24) is 0 Å². The van der Waals surface area contributed by atoms with Crippen LogP contribution in [-0.2, 0) is 0 Å². The standard InChI is InChI=1S/C17H16O/c1-18-17-10-6-5-9-14(17)11-15-12-16(15)13-7-3-2-4-8-13/h2-11,16H,12H2,1H3/b15-11-/t16-/m0/s1. The summed E-state index contributed by atoms with van der Waals surface area (Å²) in [6.45, 7) is 0. The van der Waals surface area contributed by atoms with E-state index in [2.05, 4.69) is 48.5 Å². The molecule has 0 radical (unpaired) electrons. The van der Waals surface area contributed by atoms with E-state index in [-0.39, 0.29) is 0 Å². The van der Waals surface area contributed by atoms with Crippen LogP contribution in [0.3, 0.4) is 0 Å². The molecule has 0 spiro atoms. The zero-order chi connectivity index (χ0) is 12.4. The van der Waals surface area contributed by atoms with Crippen LogP contribution in [-0.4, -0.2) is 7.11 Å². The first-order chi connectivity index (χ1) is 8.88. The molecule has 90 valence electrons. The van der Waals surface area contributed by atoms with Crippen molar-refractivity contribution >= 4 is 6.08 Å². The largest absolute Gasteiger partial charge is 0.496 e. The molecule has 18 heavy (non-hydrogen) atoms. The molecule has 3 rings (SSSR count). The Kier molecular flexibility index (Phi) is 2.89. The number of allylic oxidation sites excluding steroid dienone is 1. The number of hydrogen-bond donors (Lipinski definition) is 0. The smallest absolute Gasteiger partial charge is 0.126 e. The summed E-state index contributed by atoms with van der Waals surface area (Å²) in [4.78, 5) is 0. The summed E-state index contributed by atoms with van der Waals surface area (Å²) in [6.07, 6.45) is 3.43. The van der Waals surface area contributed by atoms with Crippen LogP contribution in [0.2, 0.25) is 0 Å². The molecule has 1 fully saturated rings. The van der Waals surface area contributed by atoms with Crippen molar-refractivity contribution in [3.05, 3.63) is 71.3 Å². The van der Waals surface area contributed by atoms with Gasteiger partial charge >= 0.3 is 0 Å². The Hall–Kier alpha value is -2.02. The van der Waals surface area contributed by atoms with Gasteiger partial charge < -0.3 is 4.74 Å². The summed E-state index contributed by atoms with van der Waals surface area (Å²) in [7, 11) is 1.72. The summed E-state index contributed by atoms with van der Waals surface area (Å²) in [6, 6.07) is 18.8. The predicted molar refractivity (Wildman–Crippen MR) is 74.8 cm³/mol. The van der Waals surface area contributed by atoms with Crippen LogP contribution in [0.4, 0.5) is 0 Å². The molecule has 1 aliphatic rings. The normalized spacial score (nSPS) is 19.8. The lowest BCUT2D eigenvalue weighted by atomic mass is 10.1. The first-order valence-electron chi connectivity index (χ1n) is 6.27. The molecule has 0 unspecified atom stereocenters. The molecule has 1 atom stereocenters. The van der Waals surface area contributed by atoms with Gasteiger partial charge in [-0.2, -0.15) is 0 Å². The van der Waals surface area contributed by atoms with Crippen molar-refractivity contribution in [2.75, 3.05) is 7.11 Å². The monoisotopic (exact) mass is 236 g/mol. The molecule has 0 amide bonds. The number of hydrogen-bond acceptors (Lipinski definition) is 1. The zero-order valence-electron chi connectivity index (χ0n) is 10.5. The Bertz CT molecular complexity index is 569. The molecular weight excluding hydrogens is 220 g/mol. The minimum absolute atomic E-state index is 0.608. The van der Waals surface area contributed by atoms with Crippen LogP contribution in [0.5, 0.6) is 5.75 Å². The molecule has 2 aromatic carbocycles. The van der Waals surface area contributed by atoms with Gasteiger partial charge in [-0.1, -0.05) is 60.2 Å². The van der Waals surface area contributed by atoms with E-state index in [0.29, 0.717) is 5.92 Å². The summed E-state index contributed by atoms with van der Waals surface area (Å²) in [5.41, 5.74) is 4.08. The highest BCUT2D eigenvalue weighted by Crippen LogP contribution is 2.48. The van der Waals surface area contributed by atoms with Crippen molar-refractivity contribution in [1.29, 1.82) is 0 Å². The minimum Gasteiger partial charge on any atom is -0.496 e. The number of ether oxygens (including phenoxy) is 1. The second kappa shape index (κ2) is 4.69. The maximum absolute atomic E-state index is 5.37. The van der Waals surface area contributed by atoms with Gasteiger partial charge in [-0.25, -0.2) is 0 Å². The SMILES string of the molecule is COc1ccccc1/C=C1/C[C@H]1c1ccccc1. The fourth-order valence-corrected chi connectivity index (χ4v) is 2.34. The Labute approximate surface area is 108 Å². The second-order valence-corrected chi connectivity index (χ2v) is 4.63. The molecule has 0 heterocycles. The summed E-state index contributed by atoms with van der Waals surface area (Å²) < 4.78 is 5.37. The van der Waals surface area contributed by atoms with E-state index in [1.165, 1.54) is 23.1 Å². The minimum atomic E-state index is 0.608. The van der Waals surface area contributed by atoms with Gasteiger partial charge in [0.05, 0.1) is 7.11 Å². The highest BCUT2D eigenvalue weighted by Gasteiger charge is 2.30. The molecule has 1 nitrogen and oxygen atoms in total. The summed E-state index contributed by atoms with van der Waals surface area (Å²) in [5.74, 6) is 1.56. The van der Waals surface area contributed by atoms with Crippen LogP contribution >= 0.6 is 0 Å². The molecule has 1 heteroatoms. The first kappa shape index (κ1) is 11.1. The Morgan fingerprint density at radius 3 is 2.50 bits per heavy atom. The fourth-order valence-electron chi connectivity index (χ4n) is 2.34. The number of rotatable bonds is 3. The lowest BCUT2D eigenvalue weighted by Crippen LogP contribution is -1.85. The summed E-state index contributed by atoms with van der Waals surface area (Å²) in [5, 5.41) is 0. The van der Waals surface area contributed by atoms with Gasteiger partial charge in [0.1, 0.15) is 5.75 Å². The van der Waals surface area contributed by atoms with E-state index >= 15 is 0 Å². The van der Waals surface area contributed by atoms with Crippen molar-refractivity contribution < 1.29 is 4.74 Å². The highest BCUT2D eigenvalue weighted by molar-refractivity contribution is 5.65. The Balaban J connectivity index is 1.84. The molecule has 1 saturated carbocycles. The quantitative estimate of drug-likeness (QED) is 0.773. The predicted octanol–water partition coefficient (Wildman–Crippen LogP) is 4.27. The van der Waals surface area contributed by atoms with E-state index < -0.39 is 0 Å². The van der Waals surface area contributed by atoms with Gasteiger partial charge in [0.2, 0.25) is 0 Å². The topological polar surface area (TPSA) is 9.23 Å². The molecule has 0 bridgehead atoms. The van der Waals surface area contributed by atoms with Crippen LogP contribution in [0, 0.1) is 0 Å². The van der Waals surface area contributed by atoms with Crippen molar-refractivity contribution in [3.63, 3.8) is 0 Å². The van der Waals surface area contributed by atoms with E-state index in [1.807, 2.05) is 12.1 Å². The maximum atomic E-state index is 5.37. The molecule has 1 aliphatic carbocycles. The van der Waals surface area contributed by atoms with E-state index in [1.54, 1.807) is 7.11 Å². The first-order valence-corrected chi connectivity index (χ1v) is 6.27. The average Bonchev–Trinajstić information content (AvgIpc) is 3.20. The number of methoxy groups -OCH3 is 1. The van der Waals surface area contributed by atoms with Gasteiger partial charge in [0, 0.05) is 11.5 Å². The van der Waals surface area contributed by atoms with Gasteiger partial charge in [0.25, 0.3) is 0 Å². The van der Waals surface area contributed by atoms with Crippen LogP contribution < -0.4 is 4.74 Å². The number of para-hydroxylation sites is 1. The van der Waals surface area contributed by atoms with Crippen molar-refractivity contribution in [2.45, 2.75) is 12.3 Å². The van der Waals surface area contributed by atoms with E-state index in [4.69, 9.17) is 4.74 Å². The van der Waals surface area contributed by atoms with Crippen LogP contribution in [0.1, 0.15) is 23.5 Å². The van der Waals surface area contributed by atoms with E-state index in [0.717, 1.165) is 5.75 Å². The fraction of sp³-hybridized carbons (Fsp3) is 0.176. The van der Waals surface area contributed by atoms with Gasteiger partial charge in [0.15, 0.2) is 0 Å². The maximum Gasteiger partial charge on any atom is 0.126 e. The van der Waals surface area contributed by atoms with E-state index in [9.17, 15) is 0 Å². The van der Waals surface area contributed by atoms with Gasteiger partial charge in [-0.15, -0.1) is 0 Å². The summed E-state index contributed by atoms with van der Waals surface area (Å²) >= 11 is 0. The zero-order valence-corrected chi connectivity index (χ0v) is 10.5. The van der Waals surface area contributed by atoms with Gasteiger partial charge in [-0.05, 0) is 18.1 Å². The molecule has 0 saturated heterocycles. The second-order valence-electron chi connectivity index (χ2n) is 4.63. The highest BCUT2D eigenvalue weighted by atomic mass is 16.5. The molecular formula is C17H16O. The molecule has 0 aromatic heterocycles. The third kappa shape index (κ3) is 2.17. The lowest BCUT2D eigenvalue weighted by Gasteiger charge is -2.03. The number of benzene rings is 2. The lowest BCUT2D eigenvalue weighted by molar-refractivity contribution is 0.414. The van der Waals surface area contributed by atoms with Crippen molar-refractivity contribution in [3.8, 4) is 5.75 Å². The van der Waals surface area contributed by atoms with Crippen LogP contribution in [0.15, 0.2) is 60.2 Å². The van der Waals surface area contributed by atoms with Crippen molar-refractivity contribution in [2.24, 2.45) is 0 Å². The molecule has 0 aliphatic heterocycles.